The number of piperazine rings is 1. The van der Waals surface area contributed by atoms with Gasteiger partial charge in [0.25, 0.3) is 0 Å². The van der Waals surface area contributed by atoms with E-state index in [0.29, 0.717) is 37.3 Å². The molecule has 8 heteroatoms. The molecule has 1 fully saturated rings. The van der Waals surface area contributed by atoms with Gasteiger partial charge in [-0.3, -0.25) is 4.79 Å². The van der Waals surface area contributed by atoms with Crippen LogP contribution in [0, 0.1) is 23.2 Å². The summed E-state index contributed by atoms with van der Waals surface area (Å²) in [5.74, 6) is -0.364. The minimum Gasteiger partial charge on any atom is -0.367 e. The number of halogens is 3. The van der Waals surface area contributed by atoms with E-state index in [1.165, 1.54) is 12.1 Å². The highest BCUT2D eigenvalue weighted by molar-refractivity contribution is 5.82. The van der Waals surface area contributed by atoms with Gasteiger partial charge in [-0.25, -0.2) is 0 Å². The molecular formula is C25H27F3N4O. The van der Waals surface area contributed by atoms with E-state index in [2.05, 4.69) is 21.2 Å². The number of rotatable bonds is 4. The zero-order valence-corrected chi connectivity index (χ0v) is 18.7. The number of para-hydroxylation sites is 1. The van der Waals surface area contributed by atoms with Crippen molar-refractivity contribution in [2.45, 2.75) is 32.5 Å². The van der Waals surface area contributed by atoms with Crippen LogP contribution >= 0.6 is 0 Å². The average Bonchev–Trinajstić information content (AvgIpc) is 2.80. The van der Waals surface area contributed by atoms with E-state index < -0.39 is 17.7 Å². The van der Waals surface area contributed by atoms with E-state index >= 15 is 0 Å². The molecule has 2 aromatic rings. The lowest BCUT2D eigenvalue weighted by Gasteiger charge is -2.50. The van der Waals surface area contributed by atoms with Crippen molar-refractivity contribution in [2.24, 2.45) is 11.8 Å². The fourth-order valence-corrected chi connectivity index (χ4v) is 4.80. The molecular weight excluding hydrogens is 429 g/mol. The Bertz CT molecular complexity index is 1080. The summed E-state index contributed by atoms with van der Waals surface area (Å²) < 4.78 is 40.0. The summed E-state index contributed by atoms with van der Waals surface area (Å²) in [6.45, 7) is 6.18. The van der Waals surface area contributed by atoms with Crippen LogP contribution in [0.4, 0.5) is 24.5 Å². The standard InChI is InChI=1S/C25H27F3N4O/c1-16(2)14-30-24(33)20-12-18-11-19(25(26,27)28)7-8-22(18)32-10-9-31(15-23(20)32)21-6-4-3-5-17(21)13-29/h3-8,11,16,20,23H,9-10,12,14-15H2,1-2H3,(H,30,33). The Morgan fingerprint density at radius 3 is 2.64 bits per heavy atom. The maximum atomic E-state index is 13.3. The Kier molecular flexibility index (Phi) is 6.24. The summed E-state index contributed by atoms with van der Waals surface area (Å²) in [4.78, 5) is 17.4. The van der Waals surface area contributed by atoms with Crippen LogP contribution in [0.3, 0.4) is 0 Å². The number of hydrogen-bond acceptors (Lipinski definition) is 4. The molecule has 2 aliphatic heterocycles. The van der Waals surface area contributed by atoms with Crippen molar-refractivity contribution in [1.82, 2.24) is 5.32 Å². The second-order valence-corrected chi connectivity index (χ2v) is 9.13. The SMILES string of the molecule is CC(C)CNC(=O)C1Cc2cc(C(F)(F)F)ccc2N2CCN(c3ccccc3C#N)CC12. The third kappa shape index (κ3) is 4.63. The van der Waals surface area contributed by atoms with Gasteiger partial charge in [-0.05, 0) is 48.2 Å². The maximum Gasteiger partial charge on any atom is 0.416 e. The number of nitrogens with one attached hydrogen (secondary N) is 1. The van der Waals surface area contributed by atoms with Gasteiger partial charge in [0.15, 0.2) is 0 Å². The molecule has 1 amide bonds. The van der Waals surface area contributed by atoms with Gasteiger partial charge in [-0.2, -0.15) is 18.4 Å². The smallest absolute Gasteiger partial charge is 0.367 e. The Labute approximate surface area is 191 Å². The van der Waals surface area contributed by atoms with Crippen molar-refractivity contribution in [3.8, 4) is 6.07 Å². The largest absolute Gasteiger partial charge is 0.416 e. The Hall–Kier alpha value is -3.21. The van der Waals surface area contributed by atoms with E-state index in [-0.39, 0.29) is 24.3 Å². The lowest BCUT2D eigenvalue weighted by atomic mass is 9.82. The second kappa shape index (κ2) is 8.97. The van der Waals surface area contributed by atoms with Gasteiger partial charge in [-0.15, -0.1) is 0 Å². The van der Waals surface area contributed by atoms with Crippen LogP contribution in [0.1, 0.15) is 30.5 Å². The lowest BCUT2D eigenvalue weighted by molar-refractivity contribution is -0.137. The molecule has 4 rings (SSSR count). The summed E-state index contributed by atoms with van der Waals surface area (Å²) in [5.41, 5.74) is 2.00. The van der Waals surface area contributed by atoms with E-state index in [1.807, 2.05) is 32.0 Å². The minimum absolute atomic E-state index is 0.141. The normalized spacial score (nSPS) is 20.2. The number of nitriles is 1. The molecule has 0 aromatic heterocycles. The predicted molar refractivity (Wildman–Crippen MR) is 121 cm³/mol. The van der Waals surface area contributed by atoms with Crippen molar-refractivity contribution >= 4 is 17.3 Å². The number of carbonyl (C=O) groups is 1. The molecule has 2 aromatic carbocycles. The highest BCUT2D eigenvalue weighted by Crippen LogP contribution is 2.40. The number of nitrogens with zero attached hydrogens (tertiary/aromatic N) is 3. The molecule has 174 valence electrons. The zero-order valence-electron chi connectivity index (χ0n) is 18.7. The number of amides is 1. The summed E-state index contributed by atoms with van der Waals surface area (Å²) in [6.07, 6.45) is -4.18. The third-order valence-electron chi connectivity index (χ3n) is 6.43. The van der Waals surface area contributed by atoms with Crippen LogP contribution in [0.5, 0.6) is 0 Å². The van der Waals surface area contributed by atoms with Gasteiger partial charge >= 0.3 is 6.18 Å². The number of benzene rings is 2. The molecule has 0 aliphatic carbocycles. The summed E-state index contributed by atoms with van der Waals surface area (Å²) in [7, 11) is 0. The fraction of sp³-hybridized carbons (Fsp3) is 0.440. The monoisotopic (exact) mass is 456 g/mol. The van der Waals surface area contributed by atoms with E-state index in [4.69, 9.17) is 0 Å². The molecule has 2 unspecified atom stereocenters. The van der Waals surface area contributed by atoms with Gasteiger partial charge < -0.3 is 15.1 Å². The average molecular weight is 457 g/mol. The van der Waals surface area contributed by atoms with E-state index in [9.17, 15) is 23.2 Å². The zero-order chi connectivity index (χ0) is 23.8. The van der Waals surface area contributed by atoms with Crippen molar-refractivity contribution in [1.29, 1.82) is 5.26 Å². The molecule has 1 saturated heterocycles. The van der Waals surface area contributed by atoms with Gasteiger partial charge in [-0.1, -0.05) is 26.0 Å². The summed E-state index contributed by atoms with van der Waals surface area (Å²) in [5, 5.41) is 12.5. The molecule has 33 heavy (non-hydrogen) atoms. The molecule has 2 atom stereocenters. The van der Waals surface area contributed by atoms with Crippen LogP contribution in [-0.4, -0.2) is 38.1 Å². The first-order chi connectivity index (χ1) is 15.7. The molecule has 0 bridgehead atoms. The highest BCUT2D eigenvalue weighted by atomic mass is 19.4. The van der Waals surface area contributed by atoms with E-state index in [0.717, 1.165) is 17.4 Å². The quantitative estimate of drug-likeness (QED) is 0.749. The Balaban J connectivity index is 1.69. The Morgan fingerprint density at radius 1 is 1.18 bits per heavy atom. The Morgan fingerprint density at radius 2 is 1.94 bits per heavy atom. The summed E-state index contributed by atoms with van der Waals surface area (Å²) >= 11 is 0. The number of alkyl halides is 3. The number of carbonyl (C=O) groups excluding carboxylic acids is 1. The summed E-state index contributed by atoms with van der Waals surface area (Å²) in [6, 6.07) is 13.2. The molecule has 2 aliphatic rings. The molecule has 0 radical (unpaired) electrons. The first-order valence-electron chi connectivity index (χ1n) is 11.2. The second-order valence-electron chi connectivity index (χ2n) is 9.13. The van der Waals surface area contributed by atoms with Crippen molar-refractivity contribution < 1.29 is 18.0 Å². The minimum atomic E-state index is -4.43. The molecule has 1 N–H and O–H groups in total. The highest BCUT2D eigenvalue weighted by Gasteiger charge is 2.43. The lowest BCUT2D eigenvalue weighted by Crippen LogP contribution is -2.61. The third-order valence-corrected chi connectivity index (χ3v) is 6.43. The molecule has 2 heterocycles. The molecule has 0 spiro atoms. The fourth-order valence-electron chi connectivity index (χ4n) is 4.80. The first kappa shape index (κ1) is 23.0. The van der Waals surface area contributed by atoms with Crippen LogP contribution in [0.25, 0.3) is 0 Å². The number of fused-ring (bicyclic) bond motifs is 3. The molecule has 0 saturated carbocycles. The number of anilines is 2. The van der Waals surface area contributed by atoms with E-state index in [1.54, 1.807) is 6.07 Å². The van der Waals surface area contributed by atoms with Crippen LogP contribution in [-0.2, 0) is 17.4 Å². The first-order valence-corrected chi connectivity index (χ1v) is 11.2. The number of hydrogen-bond donors (Lipinski definition) is 1. The maximum absolute atomic E-state index is 13.3. The predicted octanol–water partition coefficient (Wildman–Crippen LogP) is 4.22. The van der Waals surface area contributed by atoms with Gasteiger partial charge in [0.1, 0.15) is 6.07 Å². The van der Waals surface area contributed by atoms with Crippen molar-refractivity contribution in [3.05, 3.63) is 59.2 Å². The van der Waals surface area contributed by atoms with Gasteiger partial charge in [0.2, 0.25) is 5.91 Å². The van der Waals surface area contributed by atoms with Gasteiger partial charge in [0, 0.05) is 31.9 Å². The topological polar surface area (TPSA) is 59.4 Å². The van der Waals surface area contributed by atoms with Crippen molar-refractivity contribution in [2.75, 3.05) is 36.0 Å². The molecule has 5 nitrogen and oxygen atoms in total. The van der Waals surface area contributed by atoms with Crippen molar-refractivity contribution in [3.63, 3.8) is 0 Å². The van der Waals surface area contributed by atoms with Crippen LogP contribution in [0.2, 0.25) is 0 Å². The van der Waals surface area contributed by atoms with Crippen LogP contribution in [0.15, 0.2) is 42.5 Å². The van der Waals surface area contributed by atoms with Gasteiger partial charge in [0.05, 0.1) is 28.8 Å². The van der Waals surface area contributed by atoms with Crippen LogP contribution < -0.4 is 15.1 Å².